The average molecular weight is 218 g/mol. The first-order valence-electron chi connectivity index (χ1n) is 5.66. The Hall–Kier alpha value is -1.36. The minimum atomic E-state index is -0.412. The zero-order chi connectivity index (χ0) is 12.3. The molecule has 0 amide bonds. The molecule has 0 aliphatic carbocycles. The fourth-order valence-corrected chi connectivity index (χ4v) is 1.57. The van der Waals surface area contributed by atoms with Crippen molar-refractivity contribution < 1.29 is 4.39 Å². The summed E-state index contributed by atoms with van der Waals surface area (Å²) in [6, 6.07) is 6.65. The lowest BCUT2D eigenvalue weighted by Crippen LogP contribution is -2.02. The van der Waals surface area contributed by atoms with E-state index in [9.17, 15) is 4.39 Å². The highest BCUT2D eigenvalue weighted by Gasteiger charge is 2.15. The van der Waals surface area contributed by atoms with Crippen molar-refractivity contribution in [1.82, 2.24) is 0 Å². The Bertz CT molecular complexity index is 415. The first-order chi connectivity index (χ1) is 7.51. The normalized spacial score (nSPS) is 12.6. The van der Waals surface area contributed by atoms with E-state index in [0.29, 0.717) is 11.5 Å². The van der Waals surface area contributed by atoms with Gasteiger partial charge in [0.1, 0.15) is 11.9 Å². The fourth-order valence-electron chi connectivity index (χ4n) is 1.57. The predicted octanol–water partition coefficient (Wildman–Crippen LogP) is 4.13. The molecule has 1 radical (unpaired) electrons. The molecule has 0 N–H and O–H groups in total. The monoisotopic (exact) mass is 218 g/mol. The molecule has 16 heavy (non-hydrogen) atoms. The second-order valence-electron chi connectivity index (χ2n) is 4.44. The van der Waals surface area contributed by atoms with E-state index in [1.54, 1.807) is 6.07 Å². The summed E-state index contributed by atoms with van der Waals surface area (Å²) in [7, 11) is 0. The standard InChI is InChI=1S/C14H17FN/c1-5-10(4)11-6-12(8-16)14(15)13(7-11)9(2)3/h6,9-10H,5H2,1-4H3. The highest BCUT2D eigenvalue weighted by molar-refractivity contribution is 5.40. The van der Waals surface area contributed by atoms with Crippen molar-refractivity contribution in [2.45, 2.75) is 46.0 Å². The van der Waals surface area contributed by atoms with E-state index < -0.39 is 5.82 Å². The van der Waals surface area contributed by atoms with Crippen LogP contribution < -0.4 is 0 Å². The van der Waals surface area contributed by atoms with Gasteiger partial charge in [-0.15, -0.1) is 0 Å². The van der Waals surface area contributed by atoms with E-state index >= 15 is 0 Å². The highest BCUT2D eigenvalue weighted by atomic mass is 19.1. The molecule has 0 aromatic heterocycles. The third-order valence-corrected chi connectivity index (χ3v) is 2.89. The second kappa shape index (κ2) is 5.12. The van der Waals surface area contributed by atoms with Crippen LogP contribution in [0.3, 0.4) is 0 Å². The molecule has 0 spiro atoms. The summed E-state index contributed by atoms with van der Waals surface area (Å²) in [4.78, 5) is 0. The zero-order valence-corrected chi connectivity index (χ0v) is 10.3. The summed E-state index contributed by atoms with van der Waals surface area (Å²) in [6.45, 7) is 7.96. The molecule has 1 rings (SSSR count). The molecular weight excluding hydrogens is 201 g/mol. The van der Waals surface area contributed by atoms with E-state index in [1.807, 2.05) is 19.9 Å². The van der Waals surface area contributed by atoms with Gasteiger partial charge in [-0.2, -0.15) is 5.26 Å². The maximum Gasteiger partial charge on any atom is 0.145 e. The Morgan fingerprint density at radius 3 is 2.50 bits per heavy atom. The van der Waals surface area contributed by atoms with Gasteiger partial charge in [0.15, 0.2) is 0 Å². The molecular formula is C14H17FN. The van der Waals surface area contributed by atoms with Gasteiger partial charge < -0.3 is 0 Å². The third-order valence-electron chi connectivity index (χ3n) is 2.89. The minimum absolute atomic E-state index is 0.0520. The fraction of sp³-hybridized carbons (Fsp3) is 0.500. The van der Waals surface area contributed by atoms with Gasteiger partial charge in [0.2, 0.25) is 0 Å². The van der Waals surface area contributed by atoms with E-state index in [4.69, 9.17) is 5.26 Å². The smallest absolute Gasteiger partial charge is 0.145 e. The lowest BCUT2D eigenvalue weighted by atomic mass is 9.91. The molecule has 1 nitrogen and oxygen atoms in total. The first kappa shape index (κ1) is 12.7. The highest BCUT2D eigenvalue weighted by Crippen LogP contribution is 2.27. The Morgan fingerprint density at radius 2 is 2.06 bits per heavy atom. The van der Waals surface area contributed by atoms with Crippen LogP contribution >= 0.6 is 0 Å². The van der Waals surface area contributed by atoms with E-state index in [2.05, 4.69) is 19.9 Å². The van der Waals surface area contributed by atoms with Gasteiger partial charge >= 0.3 is 0 Å². The molecule has 0 saturated heterocycles. The van der Waals surface area contributed by atoms with Crippen molar-refractivity contribution in [3.8, 4) is 6.07 Å². The largest absolute Gasteiger partial charge is 0.205 e. The summed E-state index contributed by atoms with van der Waals surface area (Å²) in [5.74, 6) is -0.0501. The van der Waals surface area contributed by atoms with Crippen LogP contribution in [0.5, 0.6) is 0 Å². The predicted molar refractivity (Wildman–Crippen MR) is 62.7 cm³/mol. The van der Waals surface area contributed by atoms with Crippen LogP contribution in [0.2, 0.25) is 0 Å². The molecule has 1 aromatic rings. The molecule has 2 heteroatoms. The molecule has 0 aliphatic rings. The van der Waals surface area contributed by atoms with Crippen molar-refractivity contribution in [2.75, 3.05) is 0 Å². The Balaban J connectivity index is 3.35. The summed E-state index contributed by atoms with van der Waals surface area (Å²) >= 11 is 0. The van der Waals surface area contributed by atoms with Gasteiger partial charge in [-0.05, 0) is 41.5 Å². The number of benzene rings is 1. The number of nitriles is 1. The van der Waals surface area contributed by atoms with Gasteiger partial charge in [0, 0.05) is 0 Å². The molecule has 1 unspecified atom stereocenters. The third kappa shape index (κ3) is 2.41. The molecule has 0 saturated carbocycles. The molecule has 85 valence electrons. The maximum atomic E-state index is 13.8. The molecule has 1 aromatic carbocycles. The van der Waals surface area contributed by atoms with Crippen molar-refractivity contribution in [3.05, 3.63) is 34.6 Å². The Labute approximate surface area is 96.9 Å². The van der Waals surface area contributed by atoms with Crippen LogP contribution in [0, 0.1) is 23.2 Å². The first-order valence-corrected chi connectivity index (χ1v) is 5.66. The summed E-state index contributed by atoms with van der Waals surface area (Å²) in [5, 5.41) is 8.90. The van der Waals surface area contributed by atoms with E-state index in [1.165, 1.54) is 0 Å². The van der Waals surface area contributed by atoms with E-state index in [-0.39, 0.29) is 11.5 Å². The maximum absolute atomic E-state index is 13.8. The SMILES string of the molecule is CCC(C)c1[c]c(C(C)C)c(F)c(C#N)c1. The van der Waals surface area contributed by atoms with Gasteiger partial charge in [0.25, 0.3) is 0 Å². The van der Waals surface area contributed by atoms with Crippen LogP contribution in [-0.4, -0.2) is 0 Å². The Morgan fingerprint density at radius 1 is 1.44 bits per heavy atom. The second-order valence-corrected chi connectivity index (χ2v) is 4.44. The van der Waals surface area contributed by atoms with Crippen molar-refractivity contribution >= 4 is 0 Å². The number of hydrogen-bond donors (Lipinski definition) is 0. The summed E-state index contributed by atoms with van der Waals surface area (Å²) in [6.07, 6.45) is 0.963. The van der Waals surface area contributed by atoms with Crippen molar-refractivity contribution in [2.24, 2.45) is 0 Å². The average Bonchev–Trinajstić information content (AvgIpc) is 2.27. The zero-order valence-electron chi connectivity index (χ0n) is 10.3. The van der Waals surface area contributed by atoms with Crippen LogP contribution in [0.25, 0.3) is 0 Å². The molecule has 0 heterocycles. The lowest BCUT2D eigenvalue weighted by Gasteiger charge is -2.14. The molecule has 0 aliphatic heterocycles. The molecule has 1 atom stereocenters. The number of rotatable bonds is 3. The van der Waals surface area contributed by atoms with E-state index in [0.717, 1.165) is 12.0 Å². The molecule has 0 fully saturated rings. The van der Waals surface area contributed by atoms with Gasteiger partial charge in [-0.25, -0.2) is 4.39 Å². The van der Waals surface area contributed by atoms with Gasteiger partial charge in [-0.1, -0.05) is 27.7 Å². The number of hydrogen-bond acceptors (Lipinski definition) is 1. The Kier molecular flexibility index (Phi) is 4.06. The van der Waals surface area contributed by atoms with Crippen molar-refractivity contribution in [3.63, 3.8) is 0 Å². The van der Waals surface area contributed by atoms with Gasteiger partial charge in [0.05, 0.1) is 5.56 Å². The summed E-state index contributed by atoms with van der Waals surface area (Å²) < 4.78 is 13.8. The van der Waals surface area contributed by atoms with Crippen LogP contribution in [0.15, 0.2) is 6.07 Å². The number of halogens is 1. The quantitative estimate of drug-likeness (QED) is 0.748. The molecule has 0 bridgehead atoms. The van der Waals surface area contributed by atoms with Crippen molar-refractivity contribution in [1.29, 1.82) is 5.26 Å². The van der Waals surface area contributed by atoms with Crippen LogP contribution in [0.4, 0.5) is 4.39 Å². The van der Waals surface area contributed by atoms with Gasteiger partial charge in [-0.3, -0.25) is 0 Å². The minimum Gasteiger partial charge on any atom is -0.205 e. The topological polar surface area (TPSA) is 23.8 Å². The lowest BCUT2D eigenvalue weighted by molar-refractivity contribution is 0.590. The number of nitrogens with zero attached hydrogens (tertiary/aromatic N) is 1. The van der Waals surface area contributed by atoms with Crippen LogP contribution in [-0.2, 0) is 0 Å². The summed E-state index contributed by atoms with van der Waals surface area (Å²) in [5.41, 5.74) is 1.59. The van der Waals surface area contributed by atoms with Crippen LogP contribution in [0.1, 0.15) is 62.6 Å².